The molecule has 122 valence electrons. The number of quaternary nitrogens is 1. The van der Waals surface area contributed by atoms with Gasteiger partial charge < -0.3 is 14.5 Å². The van der Waals surface area contributed by atoms with Crippen LogP contribution in [0, 0.1) is 5.82 Å². The van der Waals surface area contributed by atoms with E-state index in [0.717, 1.165) is 44.2 Å². The fraction of sp³-hybridized carbons (Fsp3) is 0.368. The van der Waals surface area contributed by atoms with Gasteiger partial charge in [0.15, 0.2) is 0 Å². The van der Waals surface area contributed by atoms with Crippen LogP contribution < -0.4 is 14.5 Å². The molecule has 0 aromatic heterocycles. The zero-order valence-corrected chi connectivity index (χ0v) is 13.6. The van der Waals surface area contributed by atoms with Crippen molar-refractivity contribution in [3.05, 3.63) is 59.9 Å². The van der Waals surface area contributed by atoms with Crippen molar-refractivity contribution in [2.75, 3.05) is 37.7 Å². The number of hydrogen-bond donors (Lipinski definition) is 1. The summed E-state index contributed by atoms with van der Waals surface area (Å²) in [6.45, 7) is 7.55. The fourth-order valence-corrected chi connectivity index (χ4v) is 3.11. The normalized spacial score (nSPS) is 15.7. The van der Waals surface area contributed by atoms with E-state index in [2.05, 4.69) is 17.0 Å². The number of ether oxygens (including phenoxy) is 1. The molecule has 23 heavy (non-hydrogen) atoms. The summed E-state index contributed by atoms with van der Waals surface area (Å²) >= 11 is 0. The molecule has 0 atom stereocenters. The Morgan fingerprint density at radius 3 is 2.39 bits per heavy atom. The first-order chi connectivity index (χ1) is 11.3. The van der Waals surface area contributed by atoms with E-state index in [1.165, 1.54) is 11.6 Å². The van der Waals surface area contributed by atoms with Crippen LogP contribution in [-0.4, -0.2) is 32.8 Å². The number of hydrogen-bond acceptors (Lipinski definition) is 2. The largest absolute Gasteiger partial charge is 0.494 e. The van der Waals surface area contributed by atoms with Crippen molar-refractivity contribution in [2.24, 2.45) is 0 Å². The summed E-state index contributed by atoms with van der Waals surface area (Å²) in [5, 5.41) is 0. The van der Waals surface area contributed by atoms with Crippen molar-refractivity contribution in [2.45, 2.75) is 13.5 Å². The van der Waals surface area contributed by atoms with Gasteiger partial charge in [0.2, 0.25) is 0 Å². The quantitative estimate of drug-likeness (QED) is 0.910. The molecule has 1 aliphatic rings. The van der Waals surface area contributed by atoms with Gasteiger partial charge >= 0.3 is 0 Å². The lowest BCUT2D eigenvalue weighted by Gasteiger charge is -2.33. The van der Waals surface area contributed by atoms with Gasteiger partial charge in [0.1, 0.15) is 18.1 Å². The molecule has 3 nitrogen and oxygen atoms in total. The summed E-state index contributed by atoms with van der Waals surface area (Å²) in [4.78, 5) is 3.69. The minimum absolute atomic E-state index is 0.123. The Morgan fingerprint density at radius 2 is 1.74 bits per heavy atom. The molecule has 1 fully saturated rings. The highest BCUT2D eigenvalue weighted by Crippen LogP contribution is 2.18. The van der Waals surface area contributed by atoms with Crippen LogP contribution in [0.3, 0.4) is 0 Å². The van der Waals surface area contributed by atoms with Gasteiger partial charge in [0.25, 0.3) is 0 Å². The number of benzene rings is 2. The third-order valence-corrected chi connectivity index (χ3v) is 4.35. The van der Waals surface area contributed by atoms with E-state index >= 15 is 0 Å². The van der Waals surface area contributed by atoms with Crippen LogP contribution in [0.2, 0.25) is 0 Å². The summed E-state index contributed by atoms with van der Waals surface area (Å²) < 4.78 is 19.3. The summed E-state index contributed by atoms with van der Waals surface area (Å²) in [5.41, 5.74) is 2.05. The molecular weight excluding hydrogens is 291 g/mol. The second-order valence-electron chi connectivity index (χ2n) is 5.94. The van der Waals surface area contributed by atoms with Crippen LogP contribution in [-0.2, 0) is 6.54 Å². The van der Waals surface area contributed by atoms with Gasteiger partial charge in [-0.3, -0.25) is 0 Å². The van der Waals surface area contributed by atoms with Gasteiger partial charge in [-0.1, -0.05) is 12.1 Å². The van der Waals surface area contributed by atoms with E-state index in [-0.39, 0.29) is 5.82 Å². The molecule has 2 aromatic carbocycles. The smallest absolute Gasteiger partial charge is 0.146 e. The van der Waals surface area contributed by atoms with Crippen molar-refractivity contribution in [1.29, 1.82) is 0 Å². The van der Waals surface area contributed by atoms with Crippen molar-refractivity contribution in [3.63, 3.8) is 0 Å². The van der Waals surface area contributed by atoms with Crippen molar-refractivity contribution < 1.29 is 14.0 Å². The zero-order valence-electron chi connectivity index (χ0n) is 13.6. The number of nitrogens with zero attached hydrogens (tertiary/aromatic N) is 1. The first-order valence-corrected chi connectivity index (χ1v) is 8.31. The van der Waals surface area contributed by atoms with Crippen molar-refractivity contribution in [1.82, 2.24) is 0 Å². The van der Waals surface area contributed by atoms with Gasteiger partial charge in [-0.15, -0.1) is 0 Å². The van der Waals surface area contributed by atoms with E-state index in [9.17, 15) is 4.39 Å². The Morgan fingerprint density at radius 1 is 1.04 bits per heavy atom. The first-order valence-electron chi connectivity index (χ1n) is 8.31. The number of rotatable bonds is 5. The second-order valence-corrected chi connectivity index (χ2v) is 5.94. The molecule has 1 heterocycles. The molecule has 0 amide bonds. The monoisotopic (exact) mass is 315 g/mol. The van der Waals surface area contributed by atoms with E-state index in [4.69, 9.17) is 4.74 Å². The molecule has 0 aliphatic carbocycles. The first kappa shape index (κ1) is 15.8. The Kier molecular flexibility index (Phi) is 5.13. The topological polar surface area (TPSA) is 16.9 Å². The summed E-state index contributed by atoms with van der Waals surface area (Å²) in [7, 11) is 0. The van der Waals surface area contributed by atoms with Crippen molar-refractivity contribution >= 4 is 5.69 Å². The maximum atomic E-state index is 13.9. The van der Waals surface area contributed by atoms with Crippen LogP contribution in [0.15, 0.2) is 48.5 Å². The van der Waals surface area contributed by atoms with E-state index in [1.807, 2.05) is 31.2 Å². The van der Waals surface area contributed by atoms with Crippen LogP contribution in [0.5, 0.6) is 5.75 Å². The lowest BCUT2D eigenvalue weighted by Crippen LogP contribution is -3.13. The van der Waals surface area contributed by atoms with Crippen LogP contribution in [0.4, 0.5) is 10.1 Å². The third kappa shape index (κ3) is 4.02. The molecule has 0 spiro atoms. The molecule has 0 unspecified atom stereocenters. The average Bonchev–Trinajstić information content (AvgIpc) is 2.58. The third-order valence-electron chi connectivity index (χ3n) is 4.35. The second kappa shape index (κ2) is 7.47. The van der Waals surface area contributed by atoms with Gasteiger partial charge in [0.05, 0.1) is 38.5 Å². The molecule has 0 bridgehead atoms. The predicted octanol–water partition coefficient (Wildman–Crippen LogP) is 2.13. The van der Waals surface area contributed by atoms with E-state index in [0.29, 0.717) is 6.61 Å². The van der Waals surface area contributed by atoms with Crippen LogP contribution >= 0.6 is 0 Å². The number of halogens is 1. The minimum Gasteiger partial charge on any atom is -0.494 e. The van der Waals surface area contributed by atoms with Gasteiger partial charge in [-0.2, -0.15) is 0 Å². The molecule has 4 heteroatoms. The number of nitrogens with one attached hydrogen (secondary N) is 1. The molecule has 2 aromatic rings. The number of piperazine rings is 1. The molecular formula is C19H24FN2O+. The molecule has 0 radical (unpaired) electrons. The highest BCUT2D eigenvalue weighted by Gasteiger charge is 2.21. The zero-order chi connectivity index (χ0) is 16.1. The standard InChI is InChI=1S/C19H23FN2O/c1-2-23-17-9-7-16(8-10-17)15-21-11-13-22(14-12-21)19-6-4-3-5-18(19)20/h3-10H,2,11-15H2,1H3/p+1. The Labute approximate surface area is 137 Å². The van der Waals surface area contributed by atoms with E-state index in [1.54, 1.807) is 11.0 Å². The van der Waals surface area contributed by atoms with Crippen LogP contribution in [0.25, 0.3) is 0 Å². The lowest BCUT2D eigenvalue weighted by molar-refractivity contribution is -0.914. The SMILES string of the molecule is CCOc1ccc(C[NH+]2CCN(c3ccccc3F)CC2)cc1. The number of anilines is 1. The predicted molar refractivity (Wildman–Crippen MR) is 90.6 cm³/mol. The Hall–Kier alpha value is -2.07. The van der Waals surface area contributed by atoms with Gasteiger partial charge in [0, 0.05) is 5.56 Å². The van der Waals surface area contributed by atoms with Crippen LogP contribution in [0.1, 0.15) is 12.5 Å². The summed E-state index contributed by atoms with van der Waals surface area (Å²) in [6, 6.07) is 15.4. The lowest BCUT2D eigenvalue weighted by atomic mass is 10.2. The molecule has 1 saturated heterocycles. The molecule has 0 saturated carbocycles. The molecule has 1 N–H and O–H groups in total. The summed E-state index contributed by atoms with van der Waals surface area (Å²) in [6.07, 6.45) is 0. The highest BCUT2D eigenvalue weighted by molar-refractivity contribution is 5.47. The Balaban J connectivity index is 1.54. The maximum absolute atomic E-state index is 13.9. The molecule has 1 aliphatic heterocycles. The number of para-hydroxylation sites is 1. The summed E-state index contributed by atoms with van der Waals surface area (Å²) in [5.74, 6) is 0.804. The van der Waals surface area contributed by atoms with Crippen molar-refractivity contribution in [3.8, 4) is 5.75 Å². The van der Waals surface area contributed by atoms with Gasteiger partial charge in [-0.25, -0.2) is 4.39 Å². The minimum atomic E-state index is -0.123. The van der Waals surface area contributed by atoms with Gasteiger partial charge in [-0.05, 0) is 43.3 Å². The highest BCUT2D eigenvalue weighted by atomic mass is 19.1. The Bertz CT molecular complexity index is 622. The average molecular weight is 315 g/mol. The van der Waals surface area contributed by atoms with E-state index < -0.39 is 0 Å². The molecule has 3 rings (SSSR count). The maximum Gasteiger partial charge on any atom is 0.146 e. The fourth-order valence-electron chi connectivity index (χ4n) is 3.11.